The number of sulfonamides is 1. The van der Waals surface area contributed by atoms with Crippen molar-refractivity contribution in [3.05, 3.63) is 89.5 Å². The number of benzene rings is 3. The highest BCUT2D eigenvalue weighted by Gasteiger charge is 2.33. The fraction of sp³-hybridized carbons (Fsp3) is 0.355. The Bertz CT molecular complexity index is 1370. The first-order chi connectivity index (χ1) is 19.1. The van der Waals surface area contributed by atoms with Crippen molar-refractivity contribution in [1.29, 1.82) is 0 Å². The quantitative estimate of drug-likeness (QED) is 0.320. The highest BCUT2D eigenvalue weighted by molar-refractivity contribution is 7.92. The maximum absolute atomic E-state index is 14.1. The average Bonchev–Trinajstić information content (AvgIpc) is 2.94. The molecule has 1 atom stereocenters. The zero-order valence-electron chi connectivity index (χ0n) is 23.9. The molecule has 0 aliphatic rings. The molecule has 0 aromatic heterocycles. The fourth-order valence-corrected chi connectivity index (χ4v) is 5.98. The van der Waals surface area contributed by atoms with Gasteiger partial charge in [-0.15, -0.1) is 0 Å². The van der Waals surface area contributed by atoms with Gasteiger partial charge in [0.2, 0.25) is 11.8 Å². The maximum Gasteiger partial charge on any atom is 0.264 e. The van der Waals surface area contributed by atoms with Gasteiger partial charge < -0.3 is 15.0 Å². The molecular weight excluding hydrogens is 526 g/mol. The molecule has 9 heteroatoms. The normalized spacial score (nSPS) is 11.9. The van der Waals surface area contributed by atoms with E-state index in [0.29, 0.717) is 24.4 Å². The molecule has 0 heterocycles. The van der Waals surface area contributed by atoms with Crippen LogP contribution in [0.25, 0.3) is 0 Å². The number of carbonyl (C=O) groups excluding carboxylic acids is 2. The monoisotopic (exact) mass is 565 g/mol. The van der Waals surface area contributed by atoms with Crippen LogP contribution in [-0.2, 0) is 26.2 Å². The Morgan fingerprint density at radius 1 is 0.925 bits per heavy atom. The lowest BCUT2D eigenvalue weighted by molar-refractivity contribution is -0.140. The summed E-state index contributed by atoms with van der Waals surface area (Å²) in [6, 6.07) is 20.0. The van der Waals surface area contributed by atoms with Crippen LogP contribution in [0, 0.1) is 13.8 Å². The average molecular weight is 566 g/mol. The van der Waals surface area contributed by atoms with Gasteiger partial charge in [-0.1, -0.05) is 50.2 Å². The molecule has 0 radical (unpaired) electrons. The summed E-state index contributed by atoms with van der Waals surface area (Å²) >= 11 is 0. The van der Waals surface area contributed by atoms with Gasteiger partial charge in [0.1, 0.15) is 18.3 Å². The van der Waals surface area contributed by atoms with E-state index in [2.05, 4.69) is 5.32 Å². The summed E-state index contributed by atoms with van der Waals surface area (Å²) in [6.07, 6.45) is 1.12. The lowest BCUT2D eigenvalue weighted by Crippen LogP contribution is -2.52. The van der Waals surface area contributed by atoms with Crippen LogP contribution in [0.1, 0.15) is 43.4 Å². The molecule has 0 unspecified atom stereocenters. The van der Waals surface area contributed by atoms with Crippen LogP contribution in [0.5, 0.6) is 5.75 Å². The minimum Gasteiger partial charge on any atom is -0.497 e. The maximum atomic E-state index is 14.1. The van der Waals surface area contributed by atoms with E-state index in [1.165, 1.54) is 17.0 Å². The molecule has 2 amide bonds. The van der Waals surface area contributed by atoms with E-state index in [1.807, 2.05) is 45.9 Å². The minimum absolute atomic E-state index is 0.0800. The van der Waals surface area contributed by atoms with Crippen molar-refractivity contribution < 1.29 is 22.7 Å². The Morgan fingerprint density at radius 3 is 2.10 bits per heavy atom. The first-order valence-electron chi connectivity index (χ1n) is 13.5. The highest BCUT2D eigenvalue weighted by Crippen LogP contribution is 2.27. The second-order valence-electron chi connectivity index (χ2n) is 9.76. The standard InChI is InChI=1S/C31H39N3O5S/c1-6-17-32-31(36)29(7-2)33(21-25-13-15-27(39-5)16-14-25)30(35)22-34(26-19-23(3)18-24(4)20-26)40(37,38)28-11-9-8-10-12-28/h8-16,18-20,29H,6-7,17,21-22H2,1-5H3,(H,32,36)/t29-/m1/s1. The van der Waals surface area contributed by atoms with Crippen molar-refractivity contribution in [2.24, 2.45) is 0 Å². The van der Waals surface area contributed by atoms with Crippen LogP contribution >= 0.6 is 0 Å². The molecule has 0 saturated carbocycles. The molecular formula is C31H39N3O5S. The van der Waals surface area contributed by atoms with Gasteiger partial charge in [-0.3, -0.25) is 13.9 Å². The van der Waals surface area contributed by atoms with Crippen molar-refractivity contribution >= 4 is 27.5 Å². The van der Waals surface area contributed by atoms with Crippen molar-refractivity contribution in [2.75, 3.05) is 24.5 Å². The first-order valence-corrected chi connectivity index (χ1v) is 14.9. The molecule has 214 valence electrons. The van der Waals surface area contributed by atoms with Gasteiger partial charge in [-0.05, 0) is 79.8 Å². The fourth-order valence-electron chi connectivity index (χ4n) is 4.56. The Kier molecular flexibility index (Phi) is 10.7. The minimum atomic E-state index is -4.10. The van der Waals surface area contributed by atoms with Crippen LogP contribution in [0.3, 0.4) is 0 Å². The third-order valence-electron chi connectivity index (χ3n) is 6.55. The van der Waals surface area contributed by atoms with E-state index < -0.39 is 28.5 Å². The van der Waals surface area contributed by atoms with Crippen LogP contribution in [0.2, 0.25) is 0 Å². The molecule has 8 nitrogen and oxygen atoms in total. The predicted molar refractivity (Wildman–Crippen MR) is 158 cm³/mol. The van der Waals surface area contributed by atoms with Gasteiger partial charge >= 0.3 is 0 Å². The number of anilines is 1. The van der Waals surface area contributed by atoms with Gasteiger partial charge in [0, 0.05) is 13.1 Å². The van der Waals surface area contributed by atoms with E-state index in [0.717, 1.165) is 27.4 Å². The van der Waals surface area contributed by atoms with Gasteiger partial charge in [0.15, 0.2) is 0 Å². The van der Waals surface area contributed by atoms with Gasteiger partial charge in [-0.25, -0.2) is 8.42 Å². The molecule has 0 fully saturated rings. The van der Waals surface area contributed by atoms with E-state index >= 15 is 0 Å². The lowest BCUT2D eigenvalue weighted by Gasteiger charge is -2.33. The first kappa shape index (κ1) is 30.7. The smallest absolute Gasteiger partial charge is 0.264 e. The Balaban J connectivity index is 2.06. The Hall–Kier alpha value is -3.85. The number of ether oxygens (including phenoxy) is 1. The Labute approximate surface area is 238 Å². The lowest BCUT2D eigenvalue weighted by atomic mass is 10.1. The van der Waals surface area contributed by atoms with Crippen molar-refractivity contribution in [1.82, 2.24) is 10.2 Å². The molecule has 3 rings (SSSR count). The summed E-state index contributed by atoms with van der Waals surface area (Å²) < 4.78 is 34.2. The largest absolute Gasteiger partial charge is 0.497 e. The third-order valence-corrected chi connectivity index (χ3v) is 8.34. The number of rotatable bonds is 13. The Morgan fingerprint density at radius 2 is 1.55 bits per heavy atom. The van der Waals surface area contributed by atoms with Gasteiger partial charge in [0.05, 0.1) is 17.7 Å². The molecule has 3 aromatic rings. The van der Waals surface area contributed by atoms with Crippen molar-refractivity contribution in [3.63, 3.8) is 0 Å². The molecule has 1 N–H and O–H groups in total. The van der Waals surface area contributed by atoms with Gasteiger partial charge in [0.25, 0.3) is 10.0 Å². The van der Waals surface area contributed by atoms with Crippen molar-refractivity contribution in [2.45, 2.75) is 58.0 Å². The number of methoxy groups -OCH3 is 1. The summed E-state index contributed by atoms with van der Waals surface area (Å²) in [5.74, 6) is -0.0765. The summed E-state index contributed by atoms with van der Waals surface area (Å²) in [6.45, 7) is 7.71. The highest BCUT2D eigenvalue weighted by atomic mass is 32.2. The number of hydrogen-bond acceptors (Lipinski definition) is 5. The predicted octanol–water partition coefficient (Wildman–Crippen LogP) is 4.84. The number of hydrogen-bond donors (Lipinski definition) is 1. The number of amides is 2. The molecule has 0 spiro atoms. The number of carbonyl (C=O) groups is 2. The summed E-state index contributed by atoms with van der Waals surface area (Å²) in [5, 5.41) is 2.89. The molecule has 40 heavy (non-hydrogen) atoms. The van der Waals surface area contributed by atoms with Crippen LogP contribution in [0.4, 0.5) is 5.69 Å². The molecule has 0 bridgehead atoms. The van der Waals surface area contributed by atoms with Crippen LogP contribution in [0.15, 0.2) is 77.7 Å². The van der Waals surface area contributed by atoms with Crippen LogP contribution < -0.4 is 14.4 Å². The topological polar surface area (TPSA) is 96.0 Å². The van der Waals surface area contributed by atoms with E-state index in [1.54, 1.807) is 49.6 Å². The molecule has 0 saturated heterocycles. The number of nitrogens with zero attached hydrogens (tertiary/aromatic N) is 2. The summed E-state index contributed by atoms with van der Waals surface area (Å²) in [7, 11) is -2.52. The number of aryl methyl sites for hydroxylation is 2. The SMILES string of the molecule is CCCNC(=O)[C@@H](CC)N(Cc1ccc(OC)cc1)C(=O)CN(c1cc(C)cc(C)c1)S(=O)(=O)c1ccccc1. The van der Waals surface area contributed by atoms with Crippen LogP contribution in [-0.4, -0.2) is 51.4 Å². The van der Waals surface area contributed by atoms with E-state index in [4.69, 9.17) is 4.74 Å². The zero-order chi connectivity index (χ0) is 29.3. The molecule has 0 aliphatic carbocycles. The molecule has 0 aliphatic heterocycles. The summed E-state index contributed by atoms with van der Waals surface area (Å²) in [4.78, 5) is 28.8. The number of nitrogens with one attached hydrogen (secondary N) is 1. The molecule has 3 aromatic carbocycles. The van der Waals surface area contributed by atoms with E-state index in [-0.39, 0.29) is 17.3 Å². The second kappa shape index (κ2) is 14.0. The second-order valence-corrected chi connectivity index (χ2v) is 11.6. The third kappa shape index (κ3) is 7.63. The van der Waals surface area contributed by atoms with E-state index in [9.17, 15) is 18.0 Å². The zero-order valence-corrected chi connectivity index (χ0v) is 24.7. The van der Waals surface area contributed by atoms with Gasteiger partial charge in [-0.2, -0.15) is 0 Å². The van der Waals surface area contributed by atoms with Crippen molar-refractivity contribution in [3.8, 4) is 5.75 Å². The summed E-state index contributed by atoms with van der Waals surface area (Å²) in [5.41, 5.74) is 2.93.